The molecule has 2 aromatic carbocycles. The van der Waals surface area contributed by atoms with Gasteiger partial charge in [0, 0.05) is 17.9 Å². The molecule has 20 heavy (non-hydrogen) atoms. The average Bonchev–Trinajstić information content (AvgIpc) is 3.03. The van der Waals surface area contributed by atoms with Gasteiger partial charge in [-0.15, -0.1) is 0 Å². The van der Waals surface area contributed by atoms with Crippen molar-refractivity contribution in [3.8, 4) is 0 Å². The first-order valence-corrected chi connectivity index (χ1v) is 7.51. The van der Waals surface area contributed by atoms with Gasteiger partial charge in [-0.3, -0.25) is 0 Å². The molecule has 0 spiro atoms. The molecular weight excluding hydrogens is 244 g/mol. The van der Waals surface area contributed by atoms with Crippen LogP contribution < -0.4 is 11.1 Å². The van der Waals surface area contributed by atoms with Crippen LogP contribution in [0.5, 0.6) is 0 Å². The quantitative estimate of drug-likeness (QED) is 0.852. The Hall–Kier alpha value is -1.80. The van der Waals surface area contributed by atoms with Crippen molar-refractivity contribution in [2.75, 3.05) is 5.32 Å². The van der Waals surface area contributed by atoms with Crippen molar-refractivity contribution in [2.45, 2.75) is 38.1 Å². The van der Waals surface area contributed by atoms with Crippen LogP contribution in [0.2, 0.25) is 0 Å². The first kappa shape index (κ1) is 13.2. The maximum Gasteiger partial charge on any atom is 0.0384 e. The second-order valence-electron chi connectivity index (χ2n) is 5.63. The van der Waals surface area contributed by atoms with Gasteiger partial charge in [0.15, 0.2) is 0 Å². The lowest BCUT2D eigenvalue weighted by Gasteiger charge is -2.11. The van der Waals surface area contributed by atoms with E-state index in [1.807, 2.05) is 0 Å². The van der Waals surface area contributed by atoms with Crippen LogP contribution in [0.1, 0.15) is 42.7 Å². The lowest BCUT2D eigenvalue weighted by molar-refractivity contribution is 0.723. The Kier molecular flexibility index (Phi) is 4.03. The highest BCUT2D eigenvalue weighted by Gasteiger charge is 2.16. The average molecular weight is 266 g/mol. The number of nitrogens with two attached hydrogens (primary N) is 1. The fourth-order valence-electron chi connectivity index (χ4n) is 2.99. The Morgan fingerprint density at radius 2 is 1.40 bits per heavy atom. The largest absolute Gasteiger partial charge is 0.356 e. The summed E-state index contributed by atoms with van der Waals surface area (Å²) in [4.78, 5) is 0. The summed E-state index contributed by atoms with van der Waals surface area (Å²) in [6.45, 7) is 0.594. The van der Waals surface area contributed by atoms with Crippen molar-refractivity contribution in [2.24, 2.45) is 5.73 Å². The normalized spacial score (nSPS) is 15.4. The topological polar surface area (TPSA) is 38.0 Å². The van der Waals surface area contributed by atoms with Crippen molar-refractivity contribution >= 4 is 11.4 Å². The molecule has 0 aromatic heterocycles. The SMILES string of the molecule is NCc1ccc(Nc2ccc(C3CCCC3)cc2)cc1. The molecule has 3 rings (SSSR count). The van der Waals surface area contributed by atoms with Gasteiger partial charge in [-0.25, -0.2) is 0 Å². The number of hydrogen-bond donors (Lipinski definition) is 2. The zero-order valence-electron chi connectivity index (χ0n) is 11.8. The molecule has 0 unspecified atom stereocenters. The molecule has 0 amide bonds. The Bertz CT molecular complexity index is 537. The summed E-state index contributed by atoms with van der Waals surface area (Å²) in [5.74, 6) is 0.785. The van der Waals surface area contributed by atoms with E-state index in [2.05, 4.69) is 53.8 Å². The third kappa shape index (κ3) is 3.02. The minimum absolute atomic E-state index is 0.594. The Balaban J connectivity index is 1.67. The van der Waals surface area contributed by atoms with Crippen LogP contribution in [0.4, 0.5) is 11.4 Å². The third-order valence-corrected chi connectivity index (χ3v) is 4.22. The van der Waals surface area contributed by atoms with E-state index in [1.54, 1.807) is 0 Å². The number of benzene rings is 2. The Labute approximate surface area is 121 Å². The zero-order valence-corrected chi connectivity index (χ0v) is 11.8. The van der Waals surface area contributed by atoms with Crippen molar-refractivity contribution in [1.29, 1.82) is 0 Å². The van der Waals surface area contributed by atoms with E-state index in [0.717, 1.165) is 22.9 Å². The van der Waals surface area contributed by atoms with Crippen molar-refractivity contribution in [1.82, 2.24) is 0 Å². The smallest absolute Gasteiger partial charge is 0.0384 e. The molecule has 1 saturated carbocycles. The number of rotatable bonds is 4. The van der Waals surface area contributed by atoms with Gasteiger partial charge in [0.05, 0.1) is 0 Å². The van der Waals surface area contributed by atoms with Crippen LogP contribution in [0.3, 0.4) is 0 Å². The zero-order chi connectivity index (χ0) is 13.8. The molecule has 1 aliphatic rings. The molecule has 2 heteroatoms. The van der Waals surface area contributed by atoms with Crippen LogP contribution in [-0.2, 0) is 6.54 Å². The number of anilines is 2. The third-order valence-electron chi connectivity index (χ3n) is 4.22. The van der Waals surface area contributed by atoms with Gasteiger partial charge < -0.3 is 11.1 Å². The molecule has 0 atom stereocenters. The summed E-state index contributed by atoms with van der Waals surface area (Å²) in [5, 5.41) is 3.43. The summed E-state index contributed by atoms with van der Waals surface area (Å²) in [7, 11) is 0. The summed E-state index contributed by atoms with van der Waals surface area (Å²) in [6.07, 6.45) is 5.48. The maximum atomic E-state index is 5.61. The summed E-state index contributed by atoms with van der Waals surface area (Å²) in [5.41, 5.74) is 10.5. The van der Waals surface area contributed by atoms with Crippen LogP contribution in [-0.4, -0.2) is 0 Å². The second-order valence-corrected chi connectivity index (χ2v) is 5.63. The molecular formula is C18H22N2. The highest BCUT2D eigenvalue weighted by atomic mass is 14.9. The van der Waals surface area contributed by atoms with Gasteiger partial charge in [0.2, 0.25) is 0 Å². The predicted octanol–water partition coefficient (Wildman–Crippen LogP) is 4.55. The van der Waals surface area contributed by atoms with Crippen molar-refractivity contribution in [3.63, 3.8) is 0 Å². The standard InChI is InChI=1S/C18H22N2/c19-13-14-5-9-17(10-6-14)20-18-11-7-16(8-12-18)15-3-1-2-4-15/h5-12,15,20H,1-4,13,19H2. The molecule has 0 bridgehead atoms. The molecule has 104 valence electrons. The van der Waals surface area contributed by atoms with E-state index in [-0.39, 0.29) is 0 Å². The van der Waals surface area contributed by atoms with Gasteiger partial charge in [0.1, 0.15) is 0 Å². The van der Waals surface area contributed by atoms with E-state index >= 15 is 0 Å². The van der Waals surface area contributed by atoms with E-state index in [0.29, 0.717) is 6.54 Å². The van der Waals surface area contributed by atoms with Crippen LogP contribution >= 0.6 is 0 Å². The molecule has 1 fully saturated rings. The molecule has 1 aliphatic carbocycles. The molecule has 0 heterocycles. The summed E-state index contributed by atoms with van der Waals surface area (Å²) in [6, 6.07) is 17.2. The fourth-order valence-corrected chi connectivity index (χ4v) is 2.99. The Morgan fingerprint density at radius 3 is 1.95 bits per heavy atom. The summed E-state index contributed by atoms with van der Waals surface area (Å²) < 4.78 is 0. The Morgan fingerprint density at radius 1 is 0.850 bits per heavy atom. The molecule has 0 saturated heterocycles. The summed E-state index contributed by atoms with van der Waals surface area (Å²) >= 11 is 0. The molecule has 2 nitrogen and oxygen atoms in total. The molecule has 0 aliphatic heterocycles. The highest BCUT2D eigenvalue weighted by Crippen LogP contribution is 2.34. The molecule has 0 radical (unpaired) electrons. The number of nitrogens with one attached hydrogen (secondary N) is 1. The van der Waals surface area contributed by atoms with Gasteiger partial charge in [0.25, 0.3) is 0 Å². The molecule has 3 N–H and O–H groups in total. The van der Waals surface area contributed by atoms with Gasteiger partial charge in [-0.05, 0) is 54.2 Å². The lowest BCUT2D eigenvalue weighted by Crippen LogP contribution is -1.97. The van der Waals surface area contributed by atoms with E-state index < -0.39 is 0 Å². The van der Waals surface area contributed by atoms with Gasteiger partial charge >= 0.3 is 0 Å². The van der Waals surface area contributed by atoms with Crippen LogP contribution in [0.25, 0.3) is 0 Å². The monoisotopic (exact) mass is 266 g/mol. The lowest BCUT2D eigenvalue weighted by atomic mass is 9.97. The predicted molar refractivity (Wildman–Crippen MR) is 85.3 cm³/mol. The first-order chi connectivity index (χ1) is 9.85. The van der Waals surface area contributed by atoms with E-state index in [9.17, 15) is 0 Å². The van der Waals surface area contributed by atoms with Crippen LogP contribution in [0, 0.1) is 0 Å². The van der Waals surface area contributed by atoms with Crippen molar-refractivity contribution in [3.05, 3.63) is 59.7 Å². The minimum atomic E-state index is 0.594. The van der Waals surface area contributed by atoms with E-state index in [4.69, 9.17) is 5.73 Å². The first-order valence-electron chi connectivity index (χ1n) is 7.51. The minimum Gasteiger partial charge on any atom is -0.356 e. The fraction of sp³-hybridized carbons (Fsp3) is 0.333. The van der Waals surface area contributed by atoms with Crippen LogP contribution in [0.15, 0.2) is 48.5 Å². The maximum absolute atomic E-state index is 5.61. The highest BCUT2D eigenvalue weighted by molar-refractivity contribution is 5.60. The van der Waals surface area contributed by atoms with Crippen molar-refractivity contribution < 1.29 is 0 Å². The number of hydrogen-bond acceptors (Lipinski definition) is 2. The van der Waals surface area contributed by atoms with Gasteiger partial charge in [-0.1, -0.05) is 37.1 Å². The van der Waals surface area contributed by atoms with E-state index in [1.165, 1.54) is 31.2 Å². The molecule has 2 aromatic rings. The van der Waals surface area contributed by atoms with Gasteiger partial charge in [-0.2, -0.15) is 0 Å². The second kappa shape index (κ2) is 6.10.